The van der Waals surface area contributed by atoms with Crippen LogP contribution in [-0.2, 0) is 4.74 Å². The minimum Gasteiger partial charge on any atom is -0.465 e. The quantitative estimate of drug-likeness (QED) is 0.668. The molecular weight excluding hydrogens is 328 g/mol. The van der Waals surface area contributed by atoms with Crippen LogP contribution in [0.5, 0.6) is 0 Å². The number of benzene rings is 3. The molecule has 3 rings (SSSR count). The van der Waals surface area contributed by atoms with Gasteiger partial charge in [0.1, 0.15) is 0 Å². The highest BCUT2D eigenvalue weighted by molar-refractivity contribution is 6.06. The van der Waals surface area contributed by atoms with Crippen molar-refractivity contribution in [2.75, 3.05) is 17.7 Å². The maximum absolute atomic E-state index is 12.5. The Morgan fingerprint density at radius 3 is 2.04 bits per heavy atom. The van der Waals surface area contributed by atoms with E-state index in [9.17, 15) is 9.59 Å². The first-order valence-corrected chi connectivity index (χ1v) is 8.09. The lowest BCUT2D eigenvalue weighted by Crippen LogP contribution is -2.21. The second-order valence-corrected chi connectivity index (χ2v) is 5.53. The van der Waals surface area contributed by atoms with E-state index in [0.717, 1.165) is 11.1 Å². The zero-order valence-corrected chi connectivity index (χ0v) is 14.2. The van der Waals surface area contributed by atoms with Crippen molar-refractivity contribution in [1.29, 1.82) is 0 Å². The molecule has 0 aliphatic heterocycles. The Morgan fingerprint density at radius 1 is 0.731 bits per heavy atom. The van der Waals surface area contributed by atoms with E-state index in [1.165, 1.54) is 7.11 Å². The summed E-state index contributed by atoms with van der Waals surface area (Å²) in [6.07, 6.45) is 0. The normalized spacial score (nSPS) is 10.0. The van der Waals surface area contributed by atoms with Gasteiger partial charge >= 0.3 is 12.0 Å². The maximum atomic E-state index is 12.5. The Labute approximate surface area is 151 Å². The molecule has 130 valence electrons. The second-order valence-electron chi connectivity index (χ2n) is 5.53. The van der Waals surface area contributed by atoms with Gasteiger partial charge in [-0.25, -0.2) is 9.59 Å². The van der Waals surface area contributed by atoms with E-state index in [1.54, 1.807) is 24.3 Å². The lowest BCUT2D eigenvalue weighted by molar-refractivity contribution is 0.0602. The summed E-state index contributed by atoms with van der Waals surface area (Å²) in [6, 6.07) is 23.6. The van der Waals surface area contributed by atoms with Gasteiger partial charge < -0.3 is 15.4 Å². The van der Waals surface area contributed by atoms with Crippen LogP contribution in [0.25, 0.3) is 11.1 Å². The molecule has 0 aliphatic rings. The number of para-hydroxylation sites is 2. The standard InChI is InChI=1S/C21H18N2O3/c1-26-20(24)17-12-6-8-14-19(17)23-21(25)22-18-13-7-5-11-16(18)15-9-3-2-4-10-15/h2-14H,1H3,(H2,22,23,25). The molecule has 0 bridgehead atoms. The van der Waals surface area contributed by atoms with Crippen LogP contribution in [-0.4, -0.2) is 19.1 Å². The number of carbonyl (C=O) groups is 2. The Kier molecular flexibility index (Phi) is 5.29. The molecule has 0 spiro atoms. The van der Waals surface area contributed by atoms with Crippen molar-refractivity contribution in [1.82, 2.24) is 0 Å². The summed E-state index contributed by atoms with van der Waals surface area (Å²) in [7, 11) is 1.30. The number of rotatable bonds is 4. The van der Waals surface area contributed by atoms with Crippen molar-refractivity contribution in [3.63, 3.8) is 0 Å². The smallest absolute Gasteiger partial charge is 0.339 e. The summed E-state index contributed by atoms with van der Waals surface area (Å²) in [5.41, 5.74) is 3.25. The van der Waals surface area contributed by atoms with Gasteiger partial charge in [-0.3, -0.25) is 0 Å². The van der Waals surface area contributed by atoms with Gasteiger partial charge in [-0.1, -0.05) is 60.7 Å². The van der Waals surface area contributed by atoms with Crippen LogP contribution in [0.3, 0.4) is 0 Å². The molecule has 2 N–H and O–H groups in total. The molecular formula is C21H18N2O3. The highest BCUT2D eigenvalue weighted by atomic mass is 16.5. The SMILES string of the molecule is COC(=O)c1ccccc1NC(=O)Nc1ccccc1-c1ccccc1. The molecule has 26 heavy (non-hydrogen) atoms. The van der Waals surface area contributed by atoms with Gasteiger partial charge in [0.25, 0.3) is 0 Å². The summed E-state index contributed by atoms with van der Waals surface area (Å²) in [5, 5.41) is 5.54. The van der Waals surface area contributed by atoms with Crippen LogP contribution in [0.2, 0.25) is 0 Å². The zero-order chi connectivity index (χ0) is 18.4. The number of urea groups is 1. The molecule has 5 nitrogen and oxygen atoms in total. The number of amides is 2. The van der Waals surface area contributed by atoms with Crippen LogP contribution in [0, 0.1) is 0 Å². The van der Waals surface area contributed by atoms with E-state index in [2.05, 4.69) is 10.6 Å². The lowest BCUT2D eigenvalue weighted by atomic mass is 10.0. The average Bonchev–Trinajstić information content (AvgIpc) is 2.69. The van der Waals surface area contributed by atoms with Crippen molar-refractivity contribution in [3.8, 4) is 11.1 Å². The number of anilines is 2. The summed E-state index contributed by atoms with van der Waals surface area (Å²) < 4.78 is 4.74. The Morgan fingerprint density at radius 2 is 1.31 bits per heavy atom. The largest absolute Gasteiger partial charge is 0.465 e. The number of hydrogen-bond donors (Lipinski definition) is 2. The van der Waals surface area contributed by atoms with Crippen LogP contribution >= 0.6 is 0 Å². The summed E-state index contributed by atoms with van der Waals surface area (Å²) in [4.78, 5) is 24.3. The zero-order valence-electron chi connectivity index (χ0n) is 14.2. The predicted octanol–water partition coefficient (Wildman–Crippen LogP) is 4.78. The monoisotopic (exact) mass is 346 g/mol. The number of hydrogen-bond acceptors (Lipinski definition) is 3. The third kappa shape index (κ3) is 3.89. The fourth-order valence-electron chi connectivity index (χ4n) is 2.62. The van der Waals surface area contributed by atoms with E-state index in [4.69, 9.17) is 4.74 Å². The number of ether oxygens (including phenoxy) is 1. The molecule has 0 aliphatic carbocycles. The molecule has 0 aromatic heterocycles. The molecule has 3 aromatic carbocycles. The molecule has 0 saturated heterocycles. The minimum atomic E-state index is -0.509. The molecule has 0 unspecified atom stereocenters. The van der Waals surface area contributed by atoms with Gasteiger partial charge in [-0.05, 0) is 23.8 Å². The van der Waals surface area contributed by atoms with Crippen LogP contribution in [0.1, 0.15) is 10.4 Å². The van der Waals surface area contributed by atoms with Crippen molar-refractivity contribution >= 4 is 23.4 Å². The minimum absolute atomic E-state index is 0.293. The molecule has 0 saturated carbocycles. The van der Waals surface area contributed by atoms with E-state index in [0.29, 0.717) is 16.9 Å². The van der Waals surface area contributed by atoms with Crippen molar-refractivity contribution < 1.29 is 14.3 Å². The summed E-state index contributed by atoms with van der Waals surface area (Å²) in [5.74, 6) is -0.509. The maximum Gasteiger partial charge on any atom is 0.339 e. The van der Waals surface area contributed by atoms with Crippen molar-refractivity contribution in [2.45, 2.75) is 0 Å². The molecule has 0 atom stereocenters. The Hall–Kier alpha value is -3.60. The lowest BCUT2D eigenvalue weighted by Gasteiger charge is -2.13. The van der Waals surface area contributed by atoms with Gasteiger partial charge in [0.2, 0.25) is 0 Å². The molecule has 2 amide bonds. The molecule has 0 heterocycles. The summed E-state index contributed by atoms with van der Waals surface area (Å²) >= 11 is 0. The molecule has 0 fully saturated rings. The first kappa shape index (κ1) is 17.2. The number of esters is 1. The molecule has 5 heteroatoms. The fraction of sp³-hybridized carbons (Fsp3) is 0.0476. The number of nitrogens with one attached hydrogen (secondary N) is 2. The van der Waals surface area contributed by atoms with Gasteiger partial charge in [0, 0.05) is 5.56 Å². The van der Waals surface area contributed by atoms with E-state index >= 15 is 0 Å². The van der Waals surface area contributed by atoms with Crippen molar-refractivity contribution in [3.05, 3.63) is 84.4 Å². The number of carbonyl (C=O) groups excluding carboxylic acids is 2. The summed E-state index contributed by atoms with van der Waals surface area (Å²) in [6.45, 7) is 0. The Bertz CT molecular complexity index is 923. The molecule has 3 aromatic rings. The highest BCUT2D eigenvalue weighted by Crippen LogP contribution is 2.27. The fourth-order valence-corrected chi connectivity index (χ4v) is 2.62. The van der Waals surface area contributed by atoms with Gasteiger partial charge in [0.05, 0.1) is 24.0 Å². The van der Waals surface area contributed by atoms with E-state index in [1.807, 2.05) is 54.6 Å². The van der Waals surface area contributed by atoms with E-state index in [-0.39, 0.29) is 0 Å². The first-order chi connectivity index (χ1) is 12.7. The van der Waals surface area contributed by atoms with Crippen LogP contribution < -0.4 is 10.6 Å². The van der Waals surface area contributed by atoms with E-state index < -0.39 is 12.0 Å². The Balaban J connectivity index is 1.82. The second kappa shape index (κ2) is 7.98. The highest BCUT2D eigenvalue weighted by Gasteiger charge is 2.14. The van der Waals surface area contributed by atoms with Crippen LogP contribution in [0.15, 0.2) is 78.9 Å². The molecule has 0 radical (unpaired) electrons. The predicted molar refractivity (Wildman–Crippen MR) is 102 cm³/mol. The topological polar surface area (TPSA) is 67.4 Å². The van der Waals surface area contributed by atoms with Gasteiger partial charge in [0.15, 0.2) is 0 Å². The first-order valence-electron chi connectivity index (χ1n) is 8.09. The van der Waals surface area contributed by atoms with Gasteiger partial charge in [-0.2, -0.15) is 0 Å². The number of methoxy groups -OCH3 is 1. The van der Waals surface area contributed by atoms with Crippen molar-refractivity contribution in [2.24, 2.45) is 0 Å². The average molecular weight is 346 g/mol. The third-order valence-electron chi connectivity index (χ3n) is 3.84. The van der Waals surface area contributed by atoms with Crippen LogP contribution in [0.4, 0.5) is 16.2 Å². The third-order valence-corrected chi connectivity index (χ3v) is 3.84. The van der Waals surface area contributed by atoms with Gasteiger partial charge in [-0.15, -0.1) is 0 Å².